The van der Waals surface area contributed by atoms with Gasteiger partial charge in [0.25, 0.3) is 0 Å². The third kappa shape index (κ3) is 4.85. The monoisotopic (exact) mass is 395 g/mol. The number of rotatable bonds is 7. The summed E-state index contributed by atoms with van der Waals surface area (Å²) in [5, 5.41) is 20.6. The third-order valence-corrected chi connectivity index (χ3v) is 6.10. The summed E-state index contributed by atoms with van der Waals surface area (Å²) in [6.07, 6.45) is 1.33. The van der Waals surface area contributed by atoms with Crippen molar-refractivity contribution in [3.8, 4) is 0 Å². The zero-order valence-corrected chi connectivity index (χ0v) is 16.9. The van der Waals surface area contributed by atoms with Gasteiger partial charge < -0.3 is 15.1 Å². The molecule has 154 valence electrons. The maximum Gasteiger partial charge on any atom is 0.314 e. The molecule has 5 nitrogen and oxygen atoms in total. The Kier molecular flexibility index (Phi) is 6.70. The van der Waals surface area contributed by atoms with Gasteiger partial charge >= 0.3 is 5.97 Å². The van der Waals surface area contributed by atoms with E-state index in [0.29, 0.717) is 19.4 Å². The molecule has 2 aromatic carbocycles. The molecule has 0 unspecified atom stereocenters. The van der Waals surface area contributed by atoms with Crippen LogP contribution in [0.2, 0.25) is 0 Å². The first-order valence-corrected chi connectivity index (χ1v) is 10.2. The Morgan fingerprint density at radius 3 is 2.48 bits per heavy atom. The Morgan fingerprint density at radius 1 is 1.10 bits per heavy atom. The predicted octanol–water partition coefficient (Wildman–Crippen LogP) is 3.22. The van der Waals surface area contributed by atoms with E-state index in [0.717, 1.165) is 23.1 Å². The Morgan fingerprint density at radius 2 is 1.79 bits per heavy atom. The highest BCUT2D eigenvalue weighted by Gasteiger charge is 2.49. The Bertz CT molecular complexity index is 851. The van der Waals surface area contributed by atoms with Gasteiger partial charge in [-0.2, -0.15) is 0 Å². The fourth-order valence-corrected chi connectivity index (χ4v) is 4.19. The number of nitrogens with zero attached hydrogens (tertiary/aromatic N) is 1. The van der Waals surface area contributed by atoms with Crippen LogP contribution in [0.1, 0.15) is 36.0 Å². The molecule has 0 aromatic heterocycles. The lowest BCUT2D eigenvalue weighted by atomic mass is 9.73. The SMILES string of the molecule is Cc1ccccc1CC(=O)N1CC[C@H](O)[C@](CCCc2ccccc2)(C(=O)O)C1. The number of benzene rings is 2. The summed E-state index contributed by atoms with van der Waals surface area (Å²) in [6, 6.07) is 17.6. The Labute approximate surface area is 172 Å². The molecule has 1 fully saturated rings. The lowest BCUT2D eigenvalue weighted by Gasteiger charge is -2.43. The molecule has 1 heterocycles. The summed E-state index contributed by atoms with van der Waals surface area (Å²) in [5.74, 6) is -1.11. The van der Waals surface area contributed by atoms with Crippen LogP contribution in [0.25, 0.3) is 0 Å². The number of aryl methyl sites for hydroxylation is 2. The van der Waals surface area contributed by atoms with E-state index >= 15 is 0 Å². The van der Waals surface area contributed by atoms with Crippen molar-refractivity contribution >= 4 is 11.9 Å². The van der Waals surface area contributed by atoms with Crippen LogP contribution < -0.4 is 0 Å². The number of hydrogen-bond donors (Lipinski definition) is 2. The van der Waals surface area contributed by atoms with Crippen LogP contribution in [0.15, 0.2) is 54.6 Å². The number of likely N-dealkylation sites (tertiary alicyclic amines) is 1. The molecule has 1 saturated heterocycles. The lowest BCUT2D eigenvalue weighted by Crippen LogP contribution is -2.57. The summed E-state index contributed by atoms with van der Waals surface area (Å²) in [4.78, 5) is 26.7. The van der Waals surface area contributed by atoms with Crippen LogP contribution in [-0.4, -0.2) is 46.2 Å². The minimum Gasteiger partial charge on any atom is -0.481 e. The van der Waals surface area contributed by atoms with Gasteiger partial charge in [0.15, 0.2) is 0 Å². The van der Waals surface area contributed by atoms with Crippen LogP contribution in [0.3, 0.4) is 0 Å². The highest BCUT2D eigenvalue weighted by molar-refractivity contribution is 5.82. The van der Waals surface area contributed by atoms with Crippen LogP contribution in [0, 0.1) is 12.3 Å². The van der Waals surface area contributed by atoms with Crippen molar-refractivity contribution in [2.45, 2.75) is 45.1 Å². The van der Waals surface area contributed by atoms with Gasteiger partial charge in [-0.05, 0) is 49.3 Å². The number of aliphatic carboxylic acids is 1. The van der Waals surface area contributed by atoms with Crippen molar-refractivity contribution in [2.75, 3.05) is 13.1 Å². The van der Waals surface area contributed by atoms with Gasteiger partial charge in [0.1, 0.15) is 5.41 Å². The van der Waals surface area contributed by atoms with Crippen molar-refractivity contribution in [2.24, 2.45) is 5.41 Å². The molecule has 2 atom stereocenters. The first kappa shape index (κ1) is 21.1. The standard InChI is InChI=1S/C24H29NO4/c1-18-8-5-6-12-20(18)16-22(27)25-15-13-21(26)24(17-25,23(28)29)14-7-11-19-9-3-2-4-10-19/h2-6,8-10,12,21,26H,7,11,13-17H2,1H3,(H,28,29)/t21-,24+/m0/s1. The molecular weight excluding hydrogens is 366 g/mol. The fourth-order valence-electron chi connectivity index (χ4n) is 4.19. The second-order valence-corrected chi connectivity index (χ2v) is 8.02. The maximum atomic E-state index is 12.9. The maximum absolute atomic E-state index is 12.9. The van der Waals surface area contributed by atoms with Crippen molar-refractivity contribution < 1.29 is 19.8 Å². The van der Waals surface area contributed by atoms with Gasteiger partial charge in [-0.1, -0.05) is 54.6 Å². The summed E-state index contributed by atoms with van der Waals surface area (Å²) >= 11 is 0. The average molecular weight is 395 g/mol. The smallest absolute Gasteiger partial charge is 0.314 e. The molecule has 3 rings (SSSR count). The number of carboxylic acid groups (broad SMARTS) is 1. The van der Waals surface area contributed by atoms with E-state index in [-0.39, 0.29) is 25.3 Å². The second-order valence-electron chi connectivity index (χ2n) is 8.02. The summed E-state index contributed by atoms with van der Waals surface area (Å²) in [7, 11) is 0. The topological polar surface area (TPSA) is 77.8 Å². The number of piperidine rings is 1. The highest BCUT2D eigenvalue weighted by Crippen LogP contribution is 2.36. The molecule has 2 aromatic rings. The largest absolute Gasteiger partial charge is 0.481 e. The van der Waals surface area contributed by atoms with E-state index in [4.69, 9.17) is 0 Å². The molecular formula is C24H29NO4. The normalized spacial score (nSPS) is 21.7. The first-order chi connectivity index (χ1) is 13.9. The highest BCUT2D eigenvalue weighted by atomic mass is 16.4. The molecule has 0 saturated carbocycles. The molecule has 29 heavy (non-hydrogen) atoms. The van der Waals surface area contributed by atoms with Crippen LogP contribution in [0.5, 0.6) is 0 Å². The number of amides is 1. The van der Waals surface area contributed by atoms with E-state index in [9.17, 15) is 19.8 Å². The van der Waals surface area contributed by atoms with Crippen molar-refractivity contribution in [3.63, 3.8) is 0 Å². The quantitative estimate of drug-likeness (QED) is 0.755. The summed E-state index contributed by atoms with van der Waals surface area (Å²) in [6.45, 7) is 2.41. The van der Waals surface area contributed by atoms with Gasteiger partial charge in [0, 0.05) is 13.1 Å². The van der Waals surface area contributed by atoms with Crippen LogP contribution in [-0.2, 0) is 22.4 Å². The van der Waals surface area contributed by atoms with Crippen molar-refractivity contribution in [1.82, 2.24) is 4.90 Å². The first-order valence-electron chi connectivity index (χ1n) is 10.2. The van der Waals surface area contributed by atoms with Gasteiger partial charge in [-0.3, -0.25) is 9.59 Å². The number of carboxylic acids is 1. The second kappa shape index (κ2) is 9.23. The lowest BCUT2D eigenvalue weighted by molar-refractivity contribution is -0.166. The minimum absolute atomic E-state index is 0.0585. The van der Waals surface area contributed by atoms with E-state index in [2.05, 4.69) is 0 Å². The van der Waals surface area contributed by atoms with Gasteiger partial charge in [0.05, 0.1) is 12.5 Å². The number of carbonyl (C=O) groups is 2. The van der Waals surface area contributed by atoms with Crippen molar-refractivity contribution in [3.05, 3.63) is 71.3 Å². The van der Waals surface area contributed by atoms with Crippen molar-refractivity contribution in [1.29, 1.82) is 0 Å². The van der Waals surface area contributed by atoms with Gasteiger partial charge in [-0.25, -0.2) is 0 Å². The van der Waals surface area contributed by atoms with Crippen LogP contribution in [0.4, 0.5) is 0 Å². The van der Waals surface area contributed by atoms with Crippen LogP contribution >= 0.6 is 0 Å². The third-order valence-electron chi connectivity index (χ3n) is 6.10. The Balaban J connectivity index is 1.69. The van der Waals surface area contributed by atoms with E-state index in [1.807, 2.05) is 61.5 Å². The number of aliphatic hydroxyl groups is 1. The van der Waals surface area contributed by atoms with Gasteiger partial charge in [0.2, 0.25) is 5.91 Å². The molecule has 0 spiro atoms. The Hall–Kier alpha value is -2.66. The molecule has 2 N–H and O–H groups in total. The molecule has 1 amide bonds. The van der Waals surface area contributed by atoms with Gasteiger partial charge in [-0.15, -0.1) is 0 Å². The van der Waals surface area contributed by atoms with E-state index < -0.39 is 17.5 Å². The van der Waals surface area contributed by atoms with E-state index in [1.54, 1.807) is 4.90 Å². The molecule has 0 radical (unpaired) electrons. The number of aliphatic hydroxyl groups excluding tert-OH is 1. The summed E-state index contributed by atoms with van der Waals surface area (Å²) in [5.41, 5.74) is 1.83. The number of carbonyl (C=O) groups excluding carboxylic acids is 1. The average Bonchev–Trinajstić information content (AvgIpc) is 2.71. The zero-order chi connectivity index (χ0) is 20.9. The minimum atomic E-state index is -1.31. The molecule has 0 aliphatic carbocycles. The molecule has 5 heteroatoms. The summed E-state index contributed by atoms with van der Waals surface area (Å²) < 4.78 is 0. The molecule has 1 aliphatic rings. The molecule has 0 bridgehead atoms. The fraction of sp³-hybridized carbons (Fsp3) is 0.417. The zero-order valence-electron chi connectivity index (χ0n) is 16.9. The molecule has 1 aliphatic heterocycles. The predicted molar refractivity (Wildman–Crippen MR) is 112 cm³/mol. The number of hydrogen-bond acceptors (Lipinski definition) is 3. The van der Waals surface area contributed by atoms with E-state index in [1.165, 1.54) is 0 Å².